The molecule has 1 aromatic heterocycles. The highest BCUT2D eigenvalue weighted by atomic mass is 79.9. The van der Waals surface area contributed by atoms with Crippen LogP contribution in [0, 0.1) is 6.92 Å². The molecule has 1 N–H and O–H groups in total. The minimum Gasteiger partial charge on any atom is -0.478 e. The number of rotatable bonds is 2. The zero-order valence-corrected chi connectivity index (χ0v) is 14.8. The van der Waals surface area contributed by atoms with Crippen LogP contribution in [0.2, 0.25) is 0 Å². The summed E-state index contributed by atoms with van der Waals surface area (Å²) in [4.78, 5) is 16.5. The lowest BCUT2D eigenvalue weighted by molar-refractivity contribution is 0.0698. The van der Waals surface area contributed by atoms with Crippen LogP contribution in [0.5, 0.6) is 0 Å². The summed E-state index contributed by atoms with van der Waals surface area (Å²) in [5.41, 5.74) is 3.18. The number of benzene rings is 2. The first-order valence-corrected chi connectivity index (χ1v) is 8.15. The number of aromatic carboxylic acids is 1. The van der Waals surface area contributed by atoms with Crippen LogP contribution >= 0.6 is 31.9 Å². The maximum Gasteiger partial charge on any atom is 0.336 e. The number of pyridine rings is 1. The molecule has 1 heterocycles. The Morgan fingerprint density at radius 2 is 1.82 bits per heavy atom. The molecule has 0 aliphatic carbocycles. The van der Waals surface area contributed by atoms with Crippen molar-refractivity contribution in [2.45, 2.75) is 6.92 Å². The molecule has 22 heavy (non-hydrogen) atoms. The molecule has 110 valence electrons. The SMILES string of the molecule is Cc1c(-c2ccccc2)nc2c(Br)cc(Br)cc2c1C(=O)O. The Balaban J connectivity index is 2.47. The van der Waals surface area contributed by atoms with Crippen molar-refractivity contribution in [3.8, 4) is 11.3 Å². The fourth-order valence-corrected chi connectivity index (χ4v) is 3.85. The molecule has 0 saturated carbocycles. The lowest BCUT2D eigenvalue weighted by atomic mass is 9.98. The molecule has 0 unspecified atom stereocenters. The maximum absolute atomic E-state index is 11.8. The van der Waals surface area contributed by atoms with Crippen molar-refractivity contribution in [3.63, 3.8) is 0 Å². The second-order valence-corrected chi connectivity index (χ2v) is 6.69. The second kappa shape index (κ2) is 5.82. The van der Waals surface area contributed by atoms with Gasteiger partial charge in [-0.15, -0.1) is 0 Å². The summed E-state index contributed by atoms with van der Waals surface area (Å²) in [5.74, 6) is -0.952. The lowest BCUT2D eigenvalue weighted by Gasteiger charge is -2.13. The Morgan fingerprint density at radius 3 is 2.45 bits per heavy atom. The van der Waals surface area contributed by atoms with Gasteiger partial charge < -0.3 is 5.11 Å². The molecule has 0 aliphatic rings. The molecule has 0 radical (unpaired) electrons. The third-order valence-electron chi connectivity index (χ3n) is 3.51. The maximum atomic E-state index is 11.8. The van der Waals surface area contributed by atoms with E-state index in [9.17, 15) is 9.90 Å². The van der Waals surface area contributed by atoms with Gasteiger partial charge in [0.05, 0.1) is 16.8 Å². The summed E-state index contributed by atoms with van der Waals surface area (Å²) in [5, 5.41) is 10.3. The van der Waals surface area contributed by atoms with Crippen molar-refractivity contribution in [3.05, 3.63) is 62.5 Å². The summed E-state index contributed by atoms with van der Waals surface area (Å²) >= 11 is 6.88. The first-order valence-electron chi connectivity index (χ1n) is 6.57. The van der Waals surface area contributed by atoms with Gasteiger partial charge in [-0.1, -0.05) is 46.3 Å². The summed E-state index contributed by atoms with van der Waals surface area (Å²) in [6.07, 6.45) is 0. The number of halogens is 2. The van der Waals surface area contributed by atoms with E-state index < -0.39 is 5.97 Å². The van der Waals surface area contributed by atoms with Gasteiger partial charge in [-0.25, -0.2) is 9.78 Å². The molecular formula is C17H11Br2NO2. The fourth-order valence-electron chi connectivity index (χ4n) is 2.54. The standard InChI is InChI=1S/C17H11Br2NO2/c1-9-14(17(21)22)12-7-11(18)8-13(19)16(12)20-15(9)10-5-3-2-4-6-10/h2-8H,1H3,(H,21,22). The van der Waals surface area contributed by atoms with E-state index in [0.717, 1.165) is 14.5 Å². The number of nitrogens with zero attached hydrogens (tertiary/aromatic N) is 1. The van der Waals surface area contributed by atoms with Crippen molar-refractivity contribution < 1.29 is 9.90 Å². The van der Waals surface area contributed by atoms with E-state index in [1.165, 1.54) is 0 Å². The van der Waals surface area contributed by atoms with E-state index in [-0.39, 0.29) is 5.56 Å². The van der Waals surface area contributed by atoms with E-state index in [1.54, 1.807) is 13.0 Å². The Hall–Kier alpha value is -1.72. The Labute approximate surface area is 144 Å². The number of carboxylic acids is 1. The van der Waals surface area contributed by atoms with Crippen molar-refractivity contribution >= 4 is 48.7 Å². The third-order valence-corrected chi connectivity index (χ3v) is 4.57. The van der Waals surface area contributed by atoms with E-state index in [0.29, 0.717) is 22.2 Å². The molecular weight excluding hydrogens is 410 g/mol. The molecule has 3 nitrogen and oxygen atoms in total. The second-order valence-electron chi connectivity index (χ2n) is 4.92. The van der Waals surface area contributed by atoms with Crippen molar-refractivity contribution in [2.24, 2.45) is 0 Å². The van der Waals surface area contributed by atoms with Gasteiger partial charge in [0.25, 0.3) is 0 Å². The van der Waals surface area contributed by atoms with Gasteiger partial charge in [0, 0.05) is 19.9 Å². The van der Waals surface area contributed by atoms with Crippen LogP contribution in [0.1, 0.15) is 15.9 Å². The van der Waals surface area contributed by atoms with Crippen LogP contribution in [0.15, 0.2) is 51.4 Å². The Kier molecular flexibility index (Phi) is 4.02. The third kappa shape index (κ3) is 2.55. The van der Waals surface area contributed by atoms with Crippen molar-refractivity contribution in [1.29, 1.82) is 0 Å². The topological polar surface area (TPSA) is 50.2 Å². The molecule has 5 heteroatoms. The van der Waals surface area contributed by atoms with E-state index in [1.807, 2.05) is 36.4 Å². The van der Waals surface area contributed by atoms with Gasteiger partial charge >= 0.3 is 5.97 Å². The van der Waals surface area contributed by atoms with Crippen LogP contribution in [-0.2, 0) is 0 Å². The zero-order chi connectivity index (χ0) is 15.9. The largest absolute Gasteiger partial charge is 0.478 e. The molecule has 2 aromatic carbocycles. The number of carboxylic acid groups (broad SMARTS) is 1. The number of hydrogen-bond acceptors (Lipinski definition) is 2. The molecule has 3 rings (SSSR count). The van der Waals surface area contributed by atoms with E-state index in [4.69, 9.17) is 4.98 Å². The average Bonchev–Trinajstić information content (AvgIpc) is 2.47. The smallest absolute Gasteiger partial charge is 0.336 e. The minimum absolute atomic E-state index is 0.283. The van der Waals surface area contributed by atoms with E-state index in [2.05, 4.69) is 31.9 Å². The quantitative estimate of drug-likeness (QED) is 0.600. The monoisotopic (exact) mass is 419 g/mol. The molecule has 0 bridgehead atoms. The highest BCUT2D eigenvalue weighted by molar-refractivity contribution is 9.11. The van der Waals surface area contributed by atoms with Crippen LogP contribution in [0.4, 0.5) is 0 Å². The van der Waals surface area contributed by atoms with Gasteiger partial charge in [-0.3, -0.25) is 0 Å². The van der Waals surface area contributed by atoms with Gasteiger partial charge in [0.2, 0.25) is 0 Å². The van der Waals surface area contributed by atoms with E-state index >= 15 is 0 Å². The summed E-state index contributed by atoms with van der Waals surface area (Å²) in [6, 6.07) is 13.3. The molecule has 0 atom stereocenters. The zero-order valence-electron chi connectivity index (χ0n) is 11.6. The minimum atomic E-state index is -0.952. The molecule has 0 amide bonds. The highest BCUT2D eigenvalue weighted by Crippen LogP contribution is 2.34. The van der Waals surface area contributed by atoms with Gasteiger partial charge in [-0.05, 0) is 40.5 Å². The van der Waals surface area contributed by atoms with Gasteiger partial charge in [0.15, 0.2) is 0 Å². The highest BCUT2D eigenvalue weighted by Gasteiger charge is 2.19. The Bertz CT molecular complexity index is 892. The lowest BCUT2D eigenvalue weighted by Crippen LogP contribution is -2.05. The number of fused-ring (bicyclic) bond motifs is 1. The van der Waals surface area contributed by atoms with Crippen LogP contribution in [-0.4, -0.2) is 16.1 Å². The van der Waals surface area contributed by atoms with Crippen LogP contribution in [0.3, 0.4) is 0 Å². The van der Waals surface area contributed by atoms with Gasteiger partial charge in [-0.2, -0.15) is 0 Å². The number of carbonyl (C=O) groups is 1. The predicted molar refractivity (Wildman–Crippen MR) is 94.3 cm³/mol. The molecule has 0 aliphatic heterocycles. The summed E-state index contributed by atoms with van der Waals surface area (Å²) in [7, 11) is 0. The molecule has 0 spiro atoms. The molecule has 0 fully saturated rings. The van der Waals surface area contributed by atoms with Crippen molar-refractivity contribution in [1.82, 2.24) is 4.98 Å². The normalized spacial score (nSPS) is 10.9. The number of aromatic nitrogens is 1. The molecule has 3 aromatic rings. The summed E-state index contributed by atoms with van der Waals surface area (Å²) in [6.45, 7) is 1.80. The Morgan fingerprint density at radius 1 is 1.14 bits per heavy atom. The fraction of sp³-hybridized carbons (Fsp3) is 0.0588. The summed E-state index contributed by atoms with van der Waals surface area (Å²) < 4.78 is 1.57. The predicted octanol–water partition coefficient (Wildman–Crippen LogP) is 5.43. The van der Waals surface area contributed by atoms with Crippen LogP contribution < -0.4 is 0 Å². The average molecular weight is 421 g/mol. The van der Waals surface area contributed by atoms with Gasteiger partial charge in [0.1, 0.15) is 0 Å². The molecule has 0 saturated heterocycles. The van der Waals surface area contributed by atoms with Crippen LogP contribution in [0.25, 0.3) is 22.2 Å². The number of hydrogen-bond donors (Lipinski definition) is 1. The first-order chi connectivity index (χ1) is 10.5. The first kappa shape index (κ1) is 15.2. The van der Waals surface area contributed by atoms with Crippen molar-refractivity contribution in [2.75, 3.05) is 0 Å².